The zero-order chi connectivity index (χ0) is 18.7. The van der Waals surface area contributed by atoms with Gasteiger partial charge in [0.1, 0.15) is 5.76 Å². The van der Waals surface area contributed by atoms with E-state index in [2.05, 4.69) is 60.0 Å². The normalized spacial score (nSPS) is 21.0. The van der Waals surface area contributed by atoms with E-state index in [0.717, 1.165) is 24.4 Å². The molecule has 0 bridgehead atoms. The molecular formula is C20H36O3SSi. The number of ether oxygens (including phenoxy) is 2. The Bertz CT molecular complexity index is 483. The van der Waals surface area contributed by atoms with Crippen LogP contribution in [0.5, 0.6) is 0 Å². The van der Waals surface area contributed by atoms with Crippen molar-refractivity contribution in [3.05, 3.63) is 22.8 Å². The van der Waals surface area contributed by atoms with Gasteiger partial charge < -0.3 is 13.9 Å². The molecule has 0 aromatic heterocycles. The zero-order valence-corrected chi connectivity index (χ0v) is 18.9. The van der Waals surface area contributed by atoms with E-state index in [4.69, 9.17) is 13.9 Å². The summed E-state index contributed by atoms with van der Waals surface area (Å²) in [5.74, 6) is 1.72. The molecule has 0 aromatic rings. The molecule has 25 heavy (non-hydrogen) atoms. The van der Waals surface area contributed by atoms with Gasteiger partial charge in [-0.15, -0.1) is 11.8 Å². The minimum Gasteiger partial charge on any atom is -0.543 e. The Kier molecular flexibility index (Phi) is 7.28. The number of hydrogen-bond acceptors (Lipinski definition) is 4. The maximum atomic E-state index is 6.96. The van der Waals surface area contributed by atoms with Crippen LogP contribution in [0.3, 0.4) is 0 Å². The maximum Gasteiger partial charge on any atom is 0.258 e. The van der Waals surface area contributed by atoms with Gasteiger partial charge in [0.25, 0.3) is 8.32 Å². The summed E-state index contributed by atoms with van der Waals surface area (Å²) in [6.07, 6.45) is 4.06. The first-order chi connectivity index (χ1) is 11.7. The third kappa shape index (κ3) is 4.73. The molecular weight excluding hydrogens is 348 g/mol. The van der Waals surface area contributed by atoms with Crippen molar-refractivity contribution in [2.24, 2.45) is 0 Å². The monoisotopic (exact) mass is 384 g/mol. The van der Waals surface area contributed by atoms with E-state index in [0.29, 0.717) is 29.8 Å². The second-order valence-corrected chi connectivity index (χ2v) is 14.6. The third-order valence-corrected chi connectivity index (χ3v) is 12.5. The van der Waals surface area contributed by atoms with Crippen molar-refractivity contribution in [3.63, 3.8) is 0 Å². The standard InChI is InChI=1S/C20H36O3SSi/c1-15(2)25(16(3)4,17(5)6)23-19-9-13-24-14-18(19)8-10-20(7)21-11-12-22-20/h9,13,15-17H,8,10-12,14H2,1-7H3. The van der Waals surface area contributed by atoms with Crippen LogP contribution in [0, 0.1) is 0 Å². The summed E-state index contributed by atoms with van der Waals surface area (Å²) in [7, 11) is -1.92. The van der Waals surface area contributed by atoms with Crippen molar-refractivity contribution < 1.29 is 13.9 Å². The molecule has 0 aromatic carbocycles. The first-order valence-corrected chi connectivity index (χ1v) is 12.9. The van der Waals surface area contributed by atoms with Crippen LogP contribution in [0.4, 0.5) is 0 Å². The highest BCUT2D eigenvalue weighted by Crippen LogP contribution is 2.45. The van der Waals surface area contributed by atoms with Crippen LogP contribution in [0.25, 0.3) is 0 Å². The van der Waals surface area contributed by atoms with Crippen molar-refractivity contribution in [1.82, 2.24) is 0 Å². The number of hydrogen-bond donors (Lipinski definition) is 0. The SMILES string of the molecule is CC(C)[Si](OC1=C(CCC2(C)OCCO2)CSC=C1)(C(C)C)C(C)C. The molecule has 2 aliphatic heterocycles. The van der Waals surface area contributed by atoms with Crippen molar-refractivity contribution in [3.8, 4) is 0 Å². The number of rotatable bonds is 8. The Labute approximate surface area is 159 Å². The lowest BCUT2D eigenvalue weighted by Gasteiger charge is -2.43. The lowest BCUT2D eigenvalue weighted by atomic mass is 10.1. The quantitative estimate of drug-likeness (QED) is 0.463. The van der Waals surface area contributed by atoms with Gasteiger partial charge in [0.15, 0.2) is 5.79 Å². The van der Waals surface area contributed by atoms with Crippen molar-refractivity contribution in [1.29, 1.82) is 0 Å². The fourth-order valence-electron chi connectivity index (χ4n) is 4.37. The second kappa shape index (κ2) is 8.64. The molecule has 0 spiro atoms. The predicted molar refractivity (Wildman–Crippen MR) is 110 cm³/mol. The van der Waals surface area contributed by atoms with Crippen LogP contribution < -0.4 is 0 Å². The summed E-state index contributed by atoms with van der Waals surface area (Å²) in [5.41, 5.74) is 3.17. The number of thioether (sulfide) groups is 1. The highest BCUT2D eigenvalue weighted by molar-refractivity contribution is 8.02. The van der Waals surface area contributed by atoms with Crippen LogP contribution in [0.1, 0.15) is 61.3 Å². The van der Waals surface area contributed by atoms with Crippen molar-refractivity contribution >= 4 is 20.1 Å². The van der Waals surface area contributed by atoms with Crippen LogP contribution in [-0.2, 0) is 13.9 Å². The molecule has 3 nitrogen and oxygen atoms in total. The minimum absolute atomic E-state index is 0.424. The van der Waals surface area contributed by atoms with Gasteiger partial charge in [0.05, 0.1) is 13.2 Å². The average molecular weight is 385 g/mol. The van der Waals surface area contributed by atoms with E-state index in [1.165, 1.54) is 5.57 Å². The van der Waals surface area contributed by atoms with E-state index >= 15 is 0 Å². The number of allylic oxidation sites excluding steroid dienone is 1. The van der Waals surface area contributed by atoms with Crippen LogP contribution in [0.15, 0.2) is 22.8 Å². The molecule has 0 aliphatic carbocycles. The molecule has 0 radical (unpaired) electrons. The molecule has 0 unspecified atom stereocenters. The molecule has 2 rings (SSSR count). The molecule has 2 heterocycles. The van der Waals surface area contributed by atoms with Crippen molar-refractivity contribution in [2.75, 3.05) is 19.0 Å². The van der Waals surface area contributed by atoms with E-state index in [1.54, 1.807) is 0 Å². The highest BCUT2D eigenvalue weighted by atomic mass is 32.2. The fraction of sp³-hybridized carbons (Fsp3) is 0.800. The molecule has 1 fully saturated rings. The summed E-state index contributed by atoms with van der Waals surface area (Å²) in [4.78, 5) is 0. The van der Waals surface area contributed by atoms with Gasteiger partial charge in [0.2, 0.25) is 0 Å². The molecule has 0 saturated carbocycles. The summed E-state index contributed by atoms with van der Waals surface area (Å²) in [6.45, 7) is 17.5. The smallest absolute Gasteiger partial charge is 0.258 e. The maximum absolute atomic E-state index is 6.96. The first kappa shape index (κ1) is 21.1. The minimum atomic E-state index is -1.92. The van der Waals surface area contributed by atoms with Crippen LogP contribution >= 0.6 is 11.8 Å². The predicted octanol–water partition coefficient (Wildman–Crippen LogP) is 6.24. The molecule has 0 N–H and O–H groups in total. The largest absolute Gasteiger partial charge is 0.543 e. The molecule has 144 valence electrons. The first-order valence-electron chi connectivity index (χ1n) is 9.68. The van der Waals surface area contributed by atoms with Gasteiger partial charge in [-0.2, -0.15) is 0 Å². The van der Waals surface area contributed by atoms with E-state index in [-0.39, 0.29) is 0 Å². The Morgan fingerprint density at radius 3 is 2.16 bits per heavy atom. The van der Waals surface area contributed by atoms with Crippen LogP contribution in [-0.4, -0.2) is 33.1 Å². The Hall–Kier alpha value is -0.233. The zero-order valence-electron chi connectivity index (χ0n) is 17.1. The summed E-state index contributed by atoms with van der Waals surface area (Å²) >= 11 is 1.85. The van der Waals surface area contributed by atoms with E-state index in [9.17, 15) is 0 Å². The lowest BCUT2D eigenvalue weighted by Crippen LogP contribution is -2.47. The van der Waals surface area contributed by atoms with E-state index in [1.807, 2.05) is 11.8 Å². The van der Waals surface area contributed by atoms with Gasteiger partial charge in [-0.1, -0.05) is 41.5 Å². The Morgan fingerprint density at radius 2 is 1.64 bits per heavy atom. The topological polar surface area (TPSA) is 27.7 Å². The summed E-state index contributed by atoms with van der Waals surface area (Å²) in [6, 6.07) is 0. The third-order valence-electron chi connectivity index (χ3n) is 5.69. The summed E-state index contributed by atoms with van der Waals surface area (Å²) < 4.78 is 18.5. The molecule has 0 atom stereocenters. The molecule has 1 saturated heterocycles. The van der Waals surface area contributed by atoms with Crippen molar-refractivity contribution in [2.45, 2.75) is 83.7 Å². The highest BCUT2D eigenvalue weighted by Gasteiger charge is 2.47. The van der Waals surface area contributed by atoms with Gasteiger partial charge in [0, 0.05) is 12.2 Å². The fourth-order valence-corrected chi connectivity index (χ4v) is 10.5. The van der Waals surface area contributed by atoms with E-state index < -0.39 is 14.1 Å². The average Bonchev–Trinajstić information content (AvgIpc) is 2.97. The van der Waals surface area contributed by atoms with Gasteiger partial charge in [-0.25, -0.2) is 0 Å². The molecule has 2 aliphatic rings. The van der Waals surface area contributed by atoms with Gasteiger partial charge >= 0.3 is 0 Å². The second-order valence-electron chi connectivity index (χ2n) is 8.33. The Balaban J connectivity index is 2.22. The summed E-state index contributed by atoms with van der Waals surface area (Å²) in [5, 5.41) is 2.18. The lowest BCUT2D eigenvalue weighted by molar-refractivity contribution is -0.146. The van der Waals surface area contributed by atoms with Gasteiger partial charge in [-0.3, -0.25) is 0 Å². The molecule has 0 amide bonds. The van der Waals surface area contributed by atoms with Crippen LogP contribution in [0.2, 0.25) is 16.6 Å². The van der Waals surface area contributed by atoms with Gasteiger partial charge in [-0.05, 0) is 47.0 Å². The Morgan fingerprint density at radius 1 is 1.08 bits per heavy atom. The molecule has 5 heteroatoms.